The van der Waals surface area contributed by atoms with Crippen LogP contribution in [0.1, 0.15) is 32.7 Å². The molecule has 0 aliphatic rings. The van der Waals surface area contributed by atoms with E-state index >= 15 is 0 Å². The average molecular weight is 237 g/mol. The minimum absolute atomic E-state index is 0.528. The van der Waals surface area contributed by atoms with Crippen LogP contribution >= 0.6 is 23.8 Å². The van der Waals surface area contributed by atoms with Crippen molar-refractivity contribution >= 4 is 33.8 Å². The van der Waals surface area contributed by atoms with Gasteiger partial charge in [0.1, 0.15) is 4.64 Å². The maximum atomic E-state index is 5.49. The molecule has 0 aliphatic heterocycles. The molecule has 0 bridgehead atoms. The first-order valence-electron chi connectivity index (χ1n) is 5.34. The Hall–Kier alpha value is -0.670. The van der Waals surface area contributed by atoms with Crippen LogP contribution in [0.2, 0.25) is 0 Å². The Kier molecular flexibility index (Phi) is 3.22. The fraction of sp³-hybridized carbons (Fsp3) is 0.417. The highest BCUT2D eigenvalue weighted by molar-refractivity contribution is 7.71. The first kappa shape index (κ1) is 10.8. The lowest BCUT2D eigenvalue weighted by Gasteiger charge is -2.10. The zero-order valence-corrected chi connectivity index (χ0v) is 10.7. The van der Waals surface area contributed by atoms with E-state index < -0.39 is 0 Å². The van der Waals surface area contributed by atoms with Gasteiger partial charge < -0.3 is 0 Å². The third-order valence-electron chi connectivity index (χ3n) is 2.62. The Bertz CT molecular complexity index is 510. The lowest BCUT2D eigenvalue weighted by molar-refractivity contribution is 0.530. The van der Waals surface area contributed by atoms with Crippen molar-refractivity contribution in [3.63, 3.8) is 0 Å². The molecule has 1 nitrogen and oxygen atoms in total. The molecule has 2 rings (SSSR count). The van der Waals surface area contributed by atoms with Gasteiger partial charge in [-0.1, -0.05) is 55.3 Å². The molecular formula is C12H15NS2. The van der Waals surface area contributed by atoms with Crippen molar-refractivity contribution in [3.05, 3.63) is 28.9 Å². The molecule has 3 heteroatoms. The topological polar surface area (TPSA) is 4.93 Å². The summed E-state index contributed by atoms with van der Waals surface area (Å²) < 4.78 is 4.56. The van der Waals surface area contributed by atoms with Crippen LogP contribution in [-0.4, -0.2) is 3.96 Å². The summed E-state index contributed by atoms with van der Waals surface area (Å²) in [5.74, 6) is 0. The highest BCUT2D eigenvalue weighted by Crippen LogP contribution is 2.27. The second-order valence-electron chi connectivity index (χ2n) is 3.86. The smallest absolute Gasteiger partial charge is 0.124 e. The van der Waals surface area contributed by atoms with Gasteiger partial charge in [0.05, 0.1) is 4.70 Å². The molecule has 0 spiro atoms. The van der Waals surface area contributed by atoms with E-state index in [4.69, 9.17) is 12.2 Å². The largest absolute Gasteiger partial charge is 0.284 e. The summed E-state index contributed by atoms with van der Waals surface area (Å²) in [7, 11) is 0. The molecule has 1 unspecified atom stereocenters. The molecule has 80 valence electrons. The minimum atomic E-state index is 0.528. The summed E-state index contributed by atoms with van der Waals surface area (Å²) in [6.45, 7) is 4.46. The third kappa shape index (κ3) is 1.99. The van der Waals surface area contributed by atoms with Crippen LogP contribution in [0.4, 0.5) is 0 Å². The Morgan fingerprint density at radius 2 is 2.13 bits per heavy atom. The van der Waals surface area contributed by atoms with Gasteiger partial charge in [-0.05, 0) is 19.4 Å². The molecule has 15 heavy (non-hydrogen) atoms. The SMILES string of the molecule is CCCC(C)n1sc2ccccc2c1=S. The molecule has 0 N–H and O–H groups in total. The Morgan fingerprint density at radius 1 is 1.40 bits per heavy atom. The van der Waals surface area contributed by atoms with Crippen molar-refractivity contribution in [1.82, 2.24) is 3.96 Å². The fourth-order valence-electron chi connectivity index (χ4n) is 1.81. The number of hydrogen-bond acceptors (Lipinski definition) is 2. The van der Waals surface area contributed by atoms with E-state index in [-0.39, 0.29) is 0 Å². The van der Waals surface area contributed by atoms with Crippen molar-refractivity contribution < 1.29 is 0 Å². The first-order valence-corrected chi connectivity index (χ1v) is 6.52. The van der Waals surface area contributed by atoms with Crippen molar-refractivity contribution in [1.29, 1.82) is 0 Å². The normalized spacial score (nSPS) is 13.2. The van der Waals surface area contributed by atoms with E-state index in [1.54, 1.807) is 11.5 Å². The van der Waals surface area contributed by atoms with Crippen LogP contribution < -0.4 is 0 Å². The molecule has 0 radical (unpaired) electrons. The summed E-state index contributed by atoms with van der Waals surface area (Å²) in [5.41, 5.74) is 0. The monoisotopic (exact) mass is 237 g/mol. The number of fused-ring (bicyclic) bond motifs is 1. The van der Waals surface area contributed by atoms with E-state index in [2.05, 4.69) is 42.1 Å². The highest BCUT2D eigenvalue weighted by Gasteiger charge is 2.08. The van der Waals surface area contributed by atoms with E-state index in [9.17, 15) is 0 Å². The van der Waals surface area contributed by atoms with Gasteiger partial charge in [-0.2, -0.15) is 0 Å². The highest BCUT2D eigenvalue weighted by atomic mass is 32.1. The van der Waals surface area contributed by atoms with Gasteiger partial charge in [0.2, 0.25) is 0 Å². The lowest BCUT2D eigenvalue weighted by Crippen LogP contribution is -2.00. The summed E-state index contributed by atoms with van der Waals surface area (Å²) >= 11 is 7.28. The van der Waals surface area contributed by atoms with Crippen molar-refractivity contribution in [2.24, 2.45) is 0 Å². The Balaban J connectivity index is 2.53. The van der Waals surface area contributed by atoms with Gasteiger partial charge in [-0.3, -0.25) is 3.96 Å². The zero-order valence-electron chi connectivity index (χ0n) is 9.06. The van der Waals surface area contributed by atoms with Crippen molar-refractivity contribution in [2.45, 2.75) is 32.7 Å². The summed E-state index contributed by atoms with van der Waals surface area (Å²) in [4.78, 5) is 0. The molecule has 0 saturated carbocycles. The van der Waals surface area contributed by atoms with Crippen LogP contribution in [0, 0.1) is 4.64 Å². The number of benzene rings is 1. The number of rotatable bonds is 3. The van der Waals surface area contributed by atoms with Crippen LogP contribution in [0.25, 0.3) is 10.1 Å². The van der Waals surface area contributed by atoms with Crippen LogP contribution in [0.3, 0.4) is 0 Å². The van der Waals surface area contributed by atoms with Gasteiger partial charge >= 0.3 is 0 Å². The molecule has 1 atom stereocenters. The van der Waals surface area contributed by atoms with Crippen molar-refractivity contribution in [3.8, 4) is 0 Å². The predicted octanol–water partition coefficient (Wildman–Crippen LogP) is 4.79. The van der Waals surface area contributed by atoms with Crippen molar-refractivity contribution in [2.75, 3.05) is 0 Å². The van der Waals surface area contributed by atoms with E-state index in [0.29, 0.717) is 6.04 Å². The zero-order chi connectivity index (χ0) is 10.8. The maximum Gasteiger partial charge on any atom is 0.124 e. The predicted molar refractivity (Wildman–Crippen MR) is 70.3 cm³/mol. The molecule has 1 aromatic carbocycles. The lowest BCUT2D eigenvalue weighted by atomic mass is 10.2. The molecular weight excluding hydrogens is 222 g/mol. The molecule has 0 amide bonds. The van der Waals surface area contributed by atoms with Gasteiger partial charge in [-0.25, -0.2) is 0 Å². The number of hydrogen-bond donors (Lipinski definition) is 0. The molecule has 0 aliphatic carbocycles. The second-order valence-corrected chi connectivity index (χ2v) is 5.26. The number of nitrogens with zero attached hydrogens (tertiary/aromatic N) is 1. The second kappa shape index (κ2) is 4.45. The Morgan fingerprint density at radius 3 is 2.80 bits per heavy atom. The van der Waals surface area contributed by atoms with Gasteiger partial charge in [0, 0.05) is 11.4 Å². The molecule has 0 saturated heterocycles. The van der Waals surface area contributed by atoms with Gasteiger partial charge in [0.15, 0.2) is 0 Å². The van der Waals surface area contributed by atoms with Gasteiger partial charge in [0.25, 0.3) is 0 Å². The van der Waals surface area contributed by atoms with Crippen LogP contribution in [0.5, 0.6) is 0 Å². The van der Waals surface area contributed by atoms with Gasteiger partial charge in [-0.15, -0.1) is 0 Å². The first-order chi connectivity index (χ1) is 7.24. The molecule has 1 heterocycles. The van der Waals surface area contributed by atoms with E-state index in [0.717, 1.165) is 4.64 Å². The van der Waals surface area contributed by atoms with Crippen LogP contribution in [0.15, 0.2) is 24.3 Å². The molecule has 2 aromatic rings. The Labute approximate surface area is 99.5 Å². The molecule has 1 aromatic heterocycles. The minimum Gasteiger partial charge on any atom is -0.284 e. The van der Waals surface area contributed by atoms with Crippen LogP contribution in [-0.2, 0) is 0 Å². The number of aromatic nitrogens is 1. The summed E-state index contributed by atoms with van der Waals surface area (Å²) in [6, 6.07) is 8.91. The molecule has 0 fully saturated rings. The summed E-state index contributed by atoms with van der Waals surface area (Å²) in [5, 5.41) is 1.22. The maximum absolute atomic E-state index is 5.49. The fourth-order valence-corrected chi connectivity index (χ4v) is 3.43. The van der Waals surface area contributed by atoms with E-state index in [1.807, 2.05) is 0 Å². The average Bonchev–Trinajstić information content (AvgIpc) is 2.57. The van der Waals surface area contributed by atoms with E-state index in [1.165, 1.54) is 22.9 Å². The summed E-state index contributed by atoms with van der Waals surface area (Å²) in [6.07, 6.45) is 2.40. The standard InChI is InChI=1S/C12H15NS2/c1-3-6-9(2)13-12(14)10-7-4-5-8-11(10)15-13/h4-5,7-9H,3,6H2,1-2H3. The third-order valence-corrected chi connectivity index (χ3v) is 4.45. The quantitative estimate of drug-likeness (QED) is 0.695.